The highest BCUT2D eigenvalue weighted by molar-refractivity contribution is 5.91. The highest BCUT2D eigenvalue weighted by Crippen LogP contribution is 2.56. The molecule has 2 aromatic rings. The second-order valence-electron chi connectivity index (χ2n) is 8.39. The molecular formula is C22H30N6O2. The van der Waals surface area contributed by atoms with Gasteiger partial charge in [0.25, 0.3) is 5.91 Å². The number of benzene rings is 1. The molecular weight excluding hydrogens is 380 g/mol. The van der Waals surface area contributed by atoms with Gasteiger partial charge >= 0.3 is 6.03 Å². The minimum Gasteiger partial charge on any atom is -0.347 e. The lowest BCUT2D eigenvalue weighted by molar-refractivity contribution is -0.0228. The molecule has 1 unspecified atom stereocenters. The number of urea groups is 1. The molecule has 30 heavy (non-hydrogen) atoms. The number of nitrogens with zero attached hydrogens (tertiary/aromatic N) is 4. The molecule has 1 saturated carbocycles. The van der Waals surface area contributed by atoms with Crippen LogP contribution in [-0.4, -0.2) is 51.5 Å². The Balaban J connectivity index is 1.33. The highest BCUT2D eigenvalue weighted by Gasteiger charge is 2.50. The van der Waals surface area contributed by atoms with Crippen molar-refractivity contribution in [2.24, 2.45) is 5.41 Å². The lowest BCUT2D eigenvalue weighted by Crippen LogP contribution is -2.53. The van der Waals surface area contributed by atoms with Gasteiger partial charge in [-0.2, -0.15) is 0 Å². The molecule has 2 N–H and O–H groups in total. The molecule has 8 nitrogen and oxygen atoms in total. The quantitative estimate of drug-likeness (QED) is 0.766. The number of piperidine rings is 1. The Morgan fingerprint density at radius 3 is 2.57 bits per heavy atom. The SMILES string of the molecule is CCCNC(=O)N1CCC2(CCC2n2cc(C(=O)NCc3ccccc3)nn2)CC1. The van der Waals surface area contributed by atoms with Crippen LogP contribution < -0.4 is 10.6 Å². The Labute approximate surface area is 177 Å². The van der Waals surface area contributed by atoms with Crippen molar-refractivity contribution in [3.8, 4) is 0 Å². The summed E-state index contributed by atoms with van der Waals surface area (Å²) in [6.45, 7) is 4.78. The van der Waals surface area contributed by atoms with E-state index in [9.17, 15) is 9.59 Å². The minimum absolute atomic E-state index is 0.0423. The van der Waals surface area contributed by atoms with Crippen LogP contribution in [-0.2, 0) is 6.54 Å². The standard InChI is InChI=1S/C22H30N6O2/c1-2-12-23-21(30)27-13-10-22(11-14-27)9-8-19(22)28-16-18(25-26-28)20(29)24-15-17-6-4-3-5-7-17/h3-7,16,19H,2,8-15H2,1H3,(H,23,30)(H,24,29). The average Bonchev–Trinajstić information content (AvgIpc) is 3.25. The summed E-state index contributed by atoms with van der Waals surface area (Å²) >= 11 is 0. The first-order valence-corrected chi connectivity index (χ1v) is 10.9. The van der Waals surface area contributed by atoms with Crippen LogP contribution in [0.3, 0.4) is 0 Å². The largest absolute Gasteiger partial charge is 0.347 e. The Morgan fingerprint density at radius 2 is 1.90 bits per heavy atom. The molecule has 3 amide bonds. The number of rotatable bonds is 6. The van der Waals surface area contributed by atoms with Gasteiger partial charge in [-0.15, -0.1) is 5.10 Å². The van der Waals surface area contributed by atoms with E-state index in [1.54, 1.807) is 6.20 Å². The fourth-order valence-electron chi connectivity index (χ4n) is 4.58. The van der Waals surface area contributed by atoms with Crippen molar-refractivity contribution in [1.29, 1.82) is 0 Å². The van der Waals surface area contributed by atoms with Crippen molar-refractivity contribution in [3.63, 3.8) is 0 Å². The fraction of sp³-hybridized carbons (Fsp3) is 0.545. The van der Waals surface area contributed by atoms with Crippen molar-refractivity contribution >= 4 is 11.9 Å². The molecule has 160 valence electrons. The van der Waals surface area contributed by atoms with Gasteiger partial charge < -0.3 is 15.5 Å². The van der Waals surface area contributed by atoms with Crippen LogP contribution in [0.2, 0.25) is 0 Å². The molecule has 1 atom stereocenters. The third-order valence-electron chi connectivity index (χ3n) is 6.55. The van der Waals surface area contributed by atoms with E-state index < -0.39 is 0 Å². The van der Waals surface area contributed by atoms with E-state index in [0.717, 1.165) is 57.3 Å². The maximum absolute atomic E-state index is 12.5. The molecule has 0 bridgehead atoms. The molecule has 8 heteroatoms. The van der Waals surface area contributed by atoms with E-state index >= 15 is 0 Å². The summed E-state index contributed by atoms with van der Waals surface area (Å²) in [5, 5.41) is 14.3. The average molecular weight is 411 g/mol. The number of hydrogen-bond donors (Lipinski definition) is 2. The second-order valence-corrected chi connectivity index (χ2v) is 8.39. The molecule has 4 rings (SSSR count). The fourth-order valence-corrected chi connectivity index (χ4v) is 4.58. The molecule has 1 aromatic carbocycles. The Morgan fingerprint density at radius 1 is 1.13 bits per heavy atom. The highest BCUT2D eigenvalue weighted by atomic mass is 16.2. The molecule has 1 aromatic heterocycles. The Hall–Kier alpha value is -2.90. The zero-order valence-corrected chi connectivity index (χ0v) is 17.5. The first-order chi connectivity index (χ1) is 14.6. The normalized spacial score (nSPS) is 19.9. The topological polar surface area (TPSA) is 92.2 Å². The maximum atomic E-state index is 12.5. The van der Waals surface area contributed by atoms with E-state index in [0.29, 0.717) is 12.2 Å². The minimum atomic E-state index is -0.208. The zero-order chi connectivity index (χ0) is 21.0. The number of hydrogen-bond acceptors (Lipinski definition) is 4. The van der Waals surface area contributed by atoms with Crippen molar-refractivity contribution in [2.75, 3.05) is 19.6 Å². The third-order valence-corrected chi connectivity index (χ3v) is 6.55. The first-order valence-electron chi connectivity index (χ1n) is 10.9. The predicted molar refractivity (Wildman–Crippen MR) is 113 cm³/mol. The van der Waals surface area contributed by atoms with E-state index in [2.05, 4.69) is 27.9 Å². The number of carbonyl (C=O) groups excluding carboxylic acids is 2. The maximum Gasteiger partial charge on any atom is 0.317 e. The lowest BCUT2D eigenvalue weighted by atomic mass is 9.59. The van der Waals surface area contributed by atoms with Crippen LogP contribution >= 0.6 is 0 Å². The molecule has 1 spiro atoms. The molecule has 2 aliphatic rings. The summed E-state index contributed by atoms with van der Waals surface area (Å²) in [6, 6.07) is 10.1. The molecule has 2 heterocycles. The zero-order valence-electron chi connectivity index (χ0n) is 17.5. The van der Waals surface area contributed by atoms with Crippen LogP contribution in [0.1, 0.15) is 61.1 Å². The van der Waals surface area contributed by atoms with Gasteiger partial charge in [-0.25, -0.2) is 9.48 Å². The lowest BCUT2D eigenvalue weighted by Gasteiger charge is -2.53. The van der Waals surface area contributed by atoms with Gasteiger partial charge in [0.15, 0.2) is 5.69 Å². The molecule has 1 aliphatic heterocycles. The van der Waals surface area contributed by atoms with E-state index in [1.165, 1.54) is 0 Å². The first kappa shape index (κ1) is 20.4. The van der Waals surface area contributed by atoms with Gasteiger partial charge in [0.2, 0.25) is 0 Å². The van der Waals surface area contributed by atoms with Gasteiger partial charge in [0, 0.05) is 26.2 Å². The summed E-state index contributed by atoms with van der Waals surface area (Å²) in [5.41, 5.74) is 1.56. The van der Waals surface area contributed by atoms with Gasteiger partial charge in [0.05, 0.1) is 12.2 Å². The van der Waals surface area contributed by atoms with Crippen LogP contribution in [0.25, 0.3) is 0 Å². The number of likely N-dealkylation sites (tertiary alicyclic amines) is 1. The number of amides is 3. The number of carbonyl (C=O) groups is 2. The number of aromatic nitrogens is 3. The molecule has 0 radical (unpaired) electrons. The van der Waals surface area contributed by atoms with Crippen molar-refractivity contribution < 1.29 is 9.59 Å². The van der Waals surface area contributed by atoms with E-state index in [4.69, 9.17) is 0 Å². The van der Waals surface area contributed by atoms with Gasteiger partial charge in [-0.05, 0) is 43.1 Å². The van der Waals surface area contributed by atoms with Gasteiger partial charge in [0.1, 0.15) is 0 Å². The summed E-state index contributed by atoms with van der Waals surface area (Å²) in [5.74, 6) is -0.208. The second kappa shape index (κ2) is 8.85. The van der Waals surface area contributed by atoms with Crippen molar-refractivity contribution in [3.05, 3.63) is 47.8 Å². The monoisotopic (exact) mass is 410 g/mol. The Kier molecular flexibility index (Phi) is 6.01. The summed E-state index contributed by atoms with van der Waals surface area (Å²) in [4.78, 5) is 26.6. The van der Waals surface area contributed by atoms with E-state index in [1.807, 2.05) is 39.9 Å². The predicted octanol–water partition coefficient (Wildman–Crippen LogP) is 2.74. The summed E-state index contributed by atoms with van der Waals surface area (Å²) < 4.78 is 1.87. The summed E-state index contributed by atoms with van der Waals surface area (Å²) in [7, 11) is 0. The third kappa shape index (κ3) is 4.17. The molecule has 1 aliphatic carbocycles. The van der Waals surface area contributed by atoms with Gasteiger partial charge in [-0.1, -0.05) is 42.5 Å². The summed E-state index contributed by atoms with van der Waals surface area (Å²) in [6.07, 6.45) is 6.82. The smallest absolute Gasteiger partial charge is 0.317 e. The van der Waals surface area contributed by atoms with Crippen molar-refractivity contribution in [1.82, 2.24) is 30.5 Å². The Bertz CT molecular complexity index is 873. The van der Waals surface area contributed by atoms with Crippen LogP contribution in [0.4, 0.5) is 4.79 Å². The van der Waals surface area contributed by atoms with Gasteiger partial charge in [-0.3, -0.25) is 4.79 Å². The molecule has 1 saturated heterocycles. The van der Waals surface area contributed by atoms with Crippen molar-refractivity contribution in [2.45, 2.75) is 51.6 Å². The van der Waals surface area contributed by atoms with Crippen LogP contribution in [0, 0.1) is 5.41 Å². The molecule has 2 fully saturated rings. The van der Waals surface area contributed by atoms with Crippen LogP contribution in [0.15, 0.2) is 36.5 Å². The van der Waals surface area contributed by atoms with Crippen LogP contribution in [0.5, 0.6) is 0 Å². The van der Waals surface area contributed by atoms with E-state index in [-0.39, 0.29) is 23.4 Å². The number of nitrogens with one attached hydrogen (secondary N) is 2.